The molecule has 0 aliphatic heterocycles. The minimum absolute atomic E-state index is 0.304. The number of amides is 2. The summed E-state index contributed by atoms with van der Waals surface area (Å²) in [4.78, 5) is 11.6. The van der Waals surface area contributed by atoms with Gasteiger partial charge in [-0.1, -0.05) is 19.8 Å². The summed E-state index contributed by atoms with van der Waals surface area (Å²) in [6.45, 7) is 3.21. The molecule has 1 saturated carbocycles. The normalized spacial score (nSPS) is 21.8. The van der Waals surface area contributed by atoms with Crippen molar-refractivity contribution in [2.75, 3.05) is 18.5 Å². The van der Waals surface area contributed by atoms with Crippen LogP contribution >= 0.6 is 0 Å². The van der Waals surface area contributed by atoms with Crippen LogP contribution in [-0.2, 0) is 4.74 Å². The maximum absolute atomic E-state index is 12.7. The van der Waals surface area contributed by atoms with Crippen LogP contribution in [0.25, 0.3) is 0 Å². The Bertz CT molecular complexity index is 450. The van der Waals surface area contributed by atoms with Crippen molar-refractivity contribution in [3.63, 3.8) is 0 Å². The Kier molecular flexibility index (Phi) is 5.99. The minimum atomic E-state index is -0.323. The van der Waals surface area contributed by atoms with E-state index in [0.717, 1.165) is 6.42 Å². The van der Waals surface area contributed by atoms with Crippen molar-refractivity contribution in [2.24, 2.45) is 5.92 Å². The van der Waals surface area contributed by atoms with Crippen molar-refractivity contribution in [1.29, 1.82) is 0 Å². The molecule has 116 valence electrons. The highest BCUT2D eigenvalue weighted by Crippen LogP contribution is 2.25. The second kappa shape index (κ2) is 7.98. The van der Waals surface area contributed by atoms with Crippen LogP contribution in [0, 0.1) is 11.7 Å². The molecule has 21 heavy (non-hydrogen) atoms. The molecule has 2 rings (SSSR count). The molecule has 0 unspecified atom stereocenters. The van der Waals surface area contributed by atoms with Gasteiger partial charge in [0.05, 0.1) is 12.7 Å². The number of benzene rings is 1. The van der Waals surface area contributed by atoms with Crippen molar-refractivity contribution in [3.8, 4) is 0 Å². The molecular weight excluding hydrogens is 271 g/mol. The molecule has 0 heterocycles. The summed E-state index contributed by atoms with van der Waals surface area (Å²) >= 11 is 0. The standard InChI is InChI=1S/C16H23FN2O2/c1-12-4-2-3-5-15(12)21-11-10-18-16(20)19-14-8-6-13(17)7-9-14/h6-9,12,15H,2-5,10-11H2,1H3,(H2,18,19,20)/t12-,15-/m0/s1. The van der Waals surface area contributed by atoms with Gasteiger partial charge in [0.25, 0.3) is 0 Å². The largest absolute Gasteiger partial charge is 0.376 e. The van der Waals surface area contributed by atoms with Gasteiger partial charge in [0.1, 0.15) is 5.82 Å². The molecule has 1 aromatic rings. The first-order valence-electron chi connectivity index (χ1n) is 7.57. The summed E-state index contributed by atoms with van der Waals surface area (Å²) in [5, 5.41) is 5.38. The van der Waals surface area contributed by atoms with Crippen LogP contribution in [0.2, 0.25) is 0 Å². The van der Waals surface area contributed by atoms with Crippen molar-refractivity contribution in [3.05, 3.63) is 30.1 Å². The molecule has 0 radical (unpaired) electrons. The zero-order valence-corrected chi connectivity index (χ0v) is 12.4. The van der Waals surface area contributed by atoms with Crippen LogP contribution in [0.5, 0.6) is 0 Å². The molecule has 5 heteroatoms. The van der Waals surface area contributed by atoms with Crippen LogP contribution in [0.1, 0.15) is 32.6 Å². The van der Waals surface area contributed by atoms with E-state index >= 15 is 0 Å². The lowest BCUT2D eigenvalue weighted by Gasteiger charge is -2.28. The van der Waals surface area contributed by atoms with E-state index in [1.165, 1.54) is 43.5 Å². The Balaban J connectivity index is 1.61. The first kappa shape index (κ1) is 15.8. The van der Waals surface area contributed by atoms with Crippen LogP contribution in [0.4, 0.5) is 14.9 Å². The zero-order valence-electron chi connectivity index (χ0n) is 12.4. The predicted molar refractivity (Wildman–Crippen MR) is 80.8 cm³/mol. The minimum Gasteiger partial charge on any atom is -0.376 e. The van der Waals surface area contributed by atoms with E-state index < -0.39 is 0 Å². The Morgan fingerprint density at radius 2 is 2.00 bits per heavy atom. The van der Waals surface area contributed by atoms with Crippen LogP contribution in [-0.4, -0.2) is 25.3 Å². The Labute approximate surface area is 125 Å². The maximum atomic E-state index is 12.7. The molecule has 1 aromatic carbocycles. The van der Waals surface area contributed by atoms with E-state index in [1.54, 1.807) is 0 Å². The molecule has 2 amide bonds. The van der Waals surface area contributed by atoms with Gasteiger partial charge in [0.2, 0.25) is 0 Å². The monoisotopic (exact) mass is 294 g/mol. The second-order valence-corrected chi connectivity index (χ2v) is 5.56. The number of halogens is 1. The third-order valence-corrected chi connectivity index (χ3v) is 3.85. The fraction of sp³-hybridized carbons (Fsp3) is 0.562. The van der Waals surface area contributed by atoms with E-state index in [4.69, 9.17) is 4.74 Å². The van der Waals surface area contributed by atoms with E-state index in [-0.39, 0.29) is 11.8 Å². The summed E-state index contributed by atoms with van der Waals surface area (Å²) in [6.07, 6.45) is 5.18. The highest BCUT2D eigenvalue weighted by atomic mass is 19.1. The van der Waals surface area contributed by atoms with Gasteiger partial charge in [-0.15, -0.1) is 0 Å². The lowest BCUT2D eigenvalue weighted by atomic mass is 9.88. The summed E-state index contributed by atoms with van der Waals surface area (Å²) in [7, 11) is 0. The Morgan fingerprint density at radius 1 is 1.29 bits per heavy atom. The molecule has 1 fully saturated rings. The van der Waals surface area contributed by atoms with Crippen molar-refractivity contribution < 1.29 is 13.9 Å². The molecule has 1 aliphatic rings. The summed E-state index contributed by atoms with van der Waals surface area (Å²) in [6, 6.07) is 5.36. The number of carbonyl (C=O) groups is 1. The molecule has 0 aromatic heterocycles. The zero-order chi connectivity index (χ0) is 15.1. The third kappa shape index (κ3) is 5.34. The first-order chi connectivity index (χ1) is 10.1. The molecule has 1 aliphatic carbocycles. The van der Waals surface area contributed by atoms with Crippen molar-refractivity contribution in [1.82, 2.24) is 5.32 Å². The number of carbonyl (C=O) groups excluding carboxylic acids is 1. The van der Waals surface area contributed by atoms with Gasteiger partial charge in [-0.2, -0.15) is 0 Å². The number of anilines is 1. The molecule has 0 spiro atoms. The average Bonchev–Trinajstić information content (AvgIpc) is 2.48. The van der Waals surface area contributed by atoms with Gasteiger partial charge in [-0.25, -0.2) is 9.18 Å². The lowest BCUT2D eigenvalue weighted by molar-refractivity contribution is -0.00232. The SMILES string of the molecule is C[C@H]1CCCC[C@@H]1OCCNC(=O)Nc1ccc(F)cc1. The number of hydrogen-bond acceptors (Lipinski definition) is 2. The Hall–Kier alpha value is -1.62. The molecule has 4 nitrogen and oxygen atoms in total. The number of urea groups is 1. The fourth-order valence-corrected chi connectivity index (χ4v) is 2.61. The van der Waals surface area contributed by atoms with E-state index in [9.17, 15) is 9.18 Å². The van der Waals surface area contributed by atoms with E-state index in [0.29, 0.717) is 30.9 Å². The van der Waals surface area contributed by atoms with Crippen LogP contribution in [0.15, 0.2) is 24.3 Å². The quantitative estimate of drug-likeness (QED) is 0.816. The first-order valence-corrected chi connectivity index (χ1v) is 7.57. The van der Waals surface area contributed by atoms with Gasteiger partial charge < -0.3 is 15.4 Å². The molecule has 0 saturated heterocycles. The molecule has 0 bridgehead atoms. The number of rotatable bonds is 5. The number of hydrogen-bond donors (Lipinski definition) is 2. The van der Waals surface area contributed by atoms with E-state index in [1.807, 2.05) is 0 Å². The molecule has 2 N–H and O–H groups in total. The van der Waals surface area contributed by atoms with Crippen LogP contribution in [0.3, 0.4) is 0 Å². The second-order valence-electron chi connectivity index (χ2n) is 5.56. The van der Waals surface area contributed by atoms with Gasteiger partial charge in [0, 0.05) is 12.2 Å². The van der Waals surface area contributed by atoms with Gasteiger partial charge in [-0.3, -0.25) is 0 Å². The number of nitrogens with one attached hydrogen (secondary N) is 2. The summed E-state index contributed by atoms with van der Waals surface area (Å²) in [5.41, 5.74) is 0.565. The highest BCUT2D eigenvalue weighted by molar-refractivity contribution is 5.89. The van der Waals surface area contributed by atoms with Gasteiger partial charge in [0.15, 0.2) is 0 Å². The smallest absolute Gasteiger partial charge is 0.319 e. The van der Waals surface area contributed by atoms with E-state index in [2.05, 4.69) is 17.6 Å². The fourth-order valence-electron chi connectivity index (χ4n) is 2.61. The van der Waals surface area contributed by atoms with Crippen molar-refractivity contribution >= 4 is 11.7 Å². The van der Waals surface area contributed by atoms with Crippen molar-refractivity contribution in [2.45, 2.75) is 38.7 Å². The number of ether oxygens (including phenoxy) is 1. The van der Waals surface area contributed by atoms with Gasteiger partial charge >= 0.3 is 6.03 Å². The lowest BCUT2D eigenvalue weighted by Crippen LogP contribution is -2.34. The topological polar surface area (TPSA) is 50.4 Å². The summed E-state index contributed by atoms with van der Waals surface area (Å²) in [5.74, 6) is 0.280. The molecular formula is C16H23FN2O2. The predicted octanol–water partition coefficient (Wildman–Crippen LogP) is 3.54. The average molecular weight is 294 g/mol. The Morgan fingerprint density at radius 3 is 2.71 bits per heavy atom. The third-order valence-electron chi connectivity index (χ3n) is 3.85. The van der Waals surface area contributed by atoms with Gasteiger partial charge in [-0.05, 0) is 43.0 Å². The molecule has 2 atom stereocenters. The maximum Gasteiger partial charge on any atom is 0.319 e. The summed E-state index contributed by atoms with van der Waals surface area (Å²) < 4.78 is 18.6. The highest BCUT2D eigenvalue weighted by Gasteiger charge is 2.21. The van der Waals surface area contributed by atoms with Crippen LogP contribution < -0.4 is 10.6 Å².